The predicted molar refractivity (Wildman–Crippen MR) is 72.6 cm³/mol. The summed E-state index contributed by atoms with van der Waals surface area (Å²) in [4.78, 5) is 13.9. The van der Waals surface area contributed by atoms with Gasteiger partial charge in [-0.1, -0.05) is 12.1 Å². The molecule has 0 bridgehead atoms. The first-order valence-electron chi connectivity index (χ1n) is 5.77. The molecule has 0 spiro atoms. The maximum Gasteiger partial charge on any atom is 0.311 e. The van der Waals surface area contributed by atoms with Crippen LogP contribution in [0.25, 0.3) is 0 Å². The molecule has 0 amide bonds. The summed E-state index contributed by atoms with van der Waals surface area (Å²) in [5.41, 5.74) is 6.14. The number of anilines is 1. The third-order valence-electron chi connectivity index (χ3n) is 2.59. The second-order valence-electron chi connectivity index (χ2n) is 3.95. The molecule has 1 heterocycles. The van der Waals surface area contributed by atoms with Crippen molar-refractivity contribution < 1.29 is 14.4 Å². The number of aromatic nitrogens is 1. The Balaban J connectivity index is 2.07. The Labute approximate surface area is 115 Å². The van der Waals surface area contributed by atoms with Gasteiger partial charge in [0.15, 0.2) is 0 Å². The molecule has 0 atom stereocenters. The molecule has 2 N–H and O–H groups in total. The molecule has 2 rings (SSSR count). The standard InChI is InChI=1S/C13H13N3O4/c1-19-10-4-2-3-9(7-10)8-20-12-6-5-11(16(17)18)13(14)15-12/h2-7H,8H2,1H3,(H2,14,15). The summed E-state index contributed by atoms with van der Waals surface area (Å²) in [6.45, 7) is 0.265. The van der Waals surface area contributed by atoms with Crippen molar-refractivity contribution in [1.82, 2.24) is 4.98 Å². The van der Waals surface area contributed by atoms with E-state index in [1.165, 1.54) is 12.1 Å². The van der Waals surface area contributed by atoms with Crippen molar-refractivity contribution in [2.45, 2.75) is 6.61 Å². The maximum absolute atomic E-state index is 10.6. The molecule has 0 radical (unpaired) electrons. The number of nitrogens with zero attached hydrogens (tertiary/aromatic N) is 2. The first-order valence-corrected chi connectivity index (χ1v) is 5.77. The number of nitro groups is 1. The third-order valence-corrected chi connectivity index (χ3v) is 2.59. The van der Waals surface area contributed by atoms with Gasteiger partial charge in [-0.15, -0.1) is 0 Å². The third kappa shape index (κ3) is 3.14. The average Bonchev–Trinajstić information content (AvgIpc) is 2.45. The lowest BCUT2D eigenvalue weighted by atomic mass is 10.2. The number of pyridine rings is 1. The number of methoxy groups -OCH3 is 1. The van der Waals surface area contributed by atoms with Crippen LogP contribution >= 0.6 is 0 Å². The van der Waals surface area contributed by atoms with Crippen molar-refractivity contribution in [3.8, 4) is 11.6 Å². The fraction of sp³-hybridized carbons (Fsp3) is 0.154. The van der Waals surface area contributed by atoms with E-state index in [4.69, 9.17) is 15.2 Å². The zero-order valence-corrected chi connectivity index (χ0v) is 10.8. The minimum absolute atomic E-state index is 0.168. The molecule has 0 saturated carbocycles. The summed E-state index contributed by atoms with van der Waals surface area (Å²) in [7, 11) is 1.58. The van der Waals surface area contributed by atoms with Crippen LogP contribution in [-0.2, 0) is 6.61 Å². The molecule has 0 aliphatic heterocycles. The summed E-state index contributed by atoms with van der Waals surface area (Å²) in [6.07, 6.45) is 0. The van der Waals surface area contributed by atoms with Crippen LogP contribution in [0.4, 0.5) is 11.5 Å². The SMILES string of the molecule is COc1cccc(COc2ccc([N+](=O)[O-])c(N)n2)c1. The van der Waals surface area contributed by atoms with Crippen molar-refractivity contribution in [3.63, 3.8) is 0 Å². The molecule has 7 heteroatoms. The van der Waals surface area contributed by atoms with Gasteiger partial charge in [0.25, 0.3) is 0 Å². The smallest absolute Gasteiger partial charge is 0.311 e. The van der Waals surface area contributed by atoms with E-state index < -0.39 is 4.92 Å². The van der Waals surface area contributed by atoms with Crippen LogP contribution in [0.1, 0.15) is 5.56 Å². The molecule has 1 aromatic carbocycles. The molecule has 0 unspecified atom stereocenters. The van der Waals surface area contributed by atoms with Gasteiger partial charge < -0.3 is 15.2 Å². The van der Waals surface area contributed by atoms with Crippen LogP contribution in [-0.4, -0.2) is 17.0 Å². The number of nitrogens with two attached hydrogens (primary N) is 1. The van der Waals surface area contributed by atoms with Gasteiger partial charge >= 0.3 is 5.69 Å². The minimum atomic E-state index is -0.589. The summed E-state index contributed by atoms with van der Waals surface area (Å²) < 4.78 is 10.5. The van der Waals surface area contributed by atoms with Gasteiger partial charge in [-0.25, -0.2) is 0 Å². The Morgan fingerprint density at radius 1 is 1.35 bits per heavy atom. The molecule has 0 saturated heterocycles. The highest BCUT2D eigenvalue weighted by molar-refractivity contribution is 5.53. The second-order valence-corrected chi connectivity index (χ2v) is 3.95. The zero-order valence-electron chi connectivity index (χ0n) is 10.8. The lowest BCUT2D eigenvalue weighted by molar-refractivity contribution is -0.384. The number of rotatable bonds is 5. The summed E-state index contributed by atoms with van der Waals surface area (Å²) in [6, 6.07) is 10.0. The first-order chi connectivity index (χ1) is 9.60. The molecule has 0 aliphatic rings. The number of nitrogen functional groups attached to an aromatic ring is 1. The van der Waals surface area contributed by atoms with Crippen molar-refractivity contribution in [3.05, 3.63) is 52.1 Å². The van der Waals surface area contributed by atoms with E-state index in [-0.39, 0.29) is 24.0 Å². The first kappa shape index (κ1) is 13.6. The largest absolute Gasteiger partial charge is 0.497 e. The van der Waals surface area contributed by atoms with Gasteiger partial charge in [0.05, 0.1) is 12.0 Å². The predicted octanol–water partition coefficient (Wildman–Crippen LogP) is 2.16. The van der Waals surface area contributed by atoms with E-state index in [0.29, 0.717) is 0 Å². The van der Waals surface area contributed by atoms with Crippen LogP contribution in [0, 0.1) is 10.1 Å². The molecule has 104 valence electrons. The Hall–Kier alpha value is -2.83. The monoisotopic (exact) mass is 275 g/mol. The molecule has 0 fully saturated rings. The summed E-state index contributed by atoms with van der Waals surface area (Å²) in [5, 5.41) is 10.6. The fourth-order valence-electron chi connectivity index (χ4n) is 1.60. The maximum atomic E-state index is 10.6. The lowest BCUT2D eigenvalue weighted by Crippen LogP contribution is -2.02. The van der Waals surface area contributed by atoms with Crippen LogP contribution in [0.2, 0.25) is 0 Å². The van der Waals surface area contributed by atoms with Crippen molar-refractivity contribution in [1.29, 1.82) is 0 Å². The van der Waals surface area contributed by atoms with E-state index in [9.17, 15) is 10.1 Å². The van der Waals surface area contributed by atoms with Gasteiger partial charge in [-0.2, -0.15) is 4.98 Å². The highest BCUT2D eigenvalue weighted by atomic mass is 16.6. The average molecular weight is 275 g/mol. The highest BCUT2D eigenvalue weighted by Gasteiger charge is 2.13. The van der Waals surface area contributed by atoms with E-state index in [0.717, 1.165) is 11.3 Å². The molecule has 20 heavy (non-hydrogen) atoms. The van der Waals surface area contributed by atoms with E-state index in [2.05, 4.69) is 4.98 Å². The quantitative estimate of drug-likeness (QED) is 0.662. The van der Waals surface area contributed by atoms with Gasteiger partial charge in [0.1, 0.15) is 12.4 Å². The number of hydrogen-bond acceptors (Lipinski definition) is 6. The Bertz CT molecular complexity index is 631. The lowest BCUT2D eigenvalue weighted by Gasteiger charge is -2.07. The van der Waals surface area contributed by atoms with Crippen LogP contribution in [0.3, 0.4) is 0 Å². The molecule has 2 aromatic rings. The molecule has 7 nitrogen and oxygen atoms in total. The van der Waals surface area contributed by atoms with Gasteiger partial charge in [0, 0.05) is 12.1 Å². The zero-order chi connectivity index (χ0) is 14.5. The molecular weight excluding hydrogens is 262 g/mol. The molecular formula is C13H13N3O4. The van der Waals surface area contributed by atoms with E-state index in [1.54, 1.807) is 7.11 Å². The Morgan fingerprint density at radius 2 is 2.15 bits per heavy atom. The van der Waals surface area contributed by atoms with E-state index in [1.807, 2.05) is 24.3 Å². The highest BCUT2D eigenvalue weighted by Crippen LogP contribution is 2.22. The van der Waals surface area contributed by atoms with Crippen LogP contribution < -0.4 is 15.2 Å². The topological polar surface area (TPSA) is 101 Å². The van der Waals surface area contributed by atoms with Crippen LogP contribution in [0.15, 0.2) is 36.4 Å². The Morgan fingerprint density at radius 3 is 2.80 bits per heavy atom. The van der Waals surface area contributed by atoms with Crippen molar-refractivity contribution in [2.75, 3.05) is 12.8 Å². The van der Waals surface area contributed by atoms with Gasteiger partial charge in [-0.3, -0.25) is 10.1 Å². The number of ether oxygens (including phenoxy) is 2. The molecule has 0 aliphatic carbocycles. The van der Waals surface area contributed by atoms with Crippen molar-refractivity contribution >= 4 is 11.5 Å². The summed E-state index contributed by atoms with van der Waals surface area (Å²) >= 11 is 0. The summed E-state index contributed by atoms with van der Waals surface area (Å²) in [5.74, 6) is 0.788. The number of benzene rings is 1. The van der Waals surface area contributed by atoms with E-state index >= 15 is 0 Å². The normalized spacial score (nSPS) is 10.1. The van der Waals surface area contributed by atoms with Gasteiger partial charge in [0.2, 0.25) is 11.7 Å². The minimum Gasteiger partial charge on any atom is -0.497 e. The van der Waals surface area contributed by atoms with Crippen molar-refractivity contribution in [2.24, 2.45) is 0 Å². The van der Waals surface area contributed by atoms with Gasteiger partial charge in [-0.05, 0) is 17.7 Å². The number of hydrogen-bond donors (Lipinski definition) is 1. The molecule has 1 aromatic heterocycles. The second kappa shape index (κ2) is 5.87. The van der Waals surface area contributed by atoms with Crippen LogP contribution in [0.5, 0.6) is 11.6 Å². The fourth-order valence-corrected chi connectivity index (χ4v) is 1.60. The Kier molecular flexibility index (Phi) is 3.99.